The van der Waals surface area contributed by atoms with E-state index in [-0.39, 0.29) is 24.8 Å². The van der Waals surface area contributed by atoms with Crippen LogP contribution in [0.5, 0.6) is 11.5 Å². The van der Waals surface area contributed by atoms with Crippen LogP contribution >= 0.6 is 0 Å². The van der Waals surface area contributed by atoms with E-state index in [1.807, 2.05) is 36.4 Å². The lowest BCUT2D eigenvalue weighted by atomic mass is 10.1. The molecule has 0 saturated heterocycles. The first-order valence-corrected chi connectivity index (χ1v) is 8.86. The van der Waals surface area contributed by atoms with Crippen LogP contribution in [0.1, 0.15) is 18.9 Å². The summed E-state index contributed by atoms with van der Waals surface area (Å²) in [7, 11) is 3.19. The van der Waals surface area contributed by atoms with Gasteiger partial charge in [0.2, 0.25) is 11.8 Å². The highest BCUT2D eigenvalue weighted by Crippen LogP contribution is 2.27. The third-order valence-electron chi connectivity index (χ3n) is 4.23. The van der Waals surface area contributed by atoms with E-state index in [0.717, 1.165) is 11.3 Å². The smallest absolute Gasteiger partial charge is 0.223 e. The Morgan fingerprint density at radius 1 is 0.963 bits per heavy atom. The minimum atomic E-state index is -0.138. The molecule has 0 heterocycles. The Kier molecular flexibility index (Phi) is 7.67. The summed E-state index contributed by atoms with van der Waals surface area (Å²) in [5, 5.41) is 2.89. The number of nitrogens with zero attached hydrogens (tertiary/aromatic N) is 1. The van der Waals surface area contributed by atoms with Gasteiger partial charge in [0.1, 0.15) is 11.5 Å². The molecular weight excluding hydrogens is 344 g/mol. The Morgan fingerprint density at radius 3 is 2.26 bits per heavy atom. The molecule has 6 heteroatoms. The van der Waals surface area contributed by atoms with E-state index in [0.29, 0.717) is 24.4 Å². The van der Waals surface area contributed by atoms with Crippen LogP contribution in [-0.4, -0.2) is 39.1 Å². The number of methoxy groups -OCH3 is 2. The first kappa shape index (κ1) is 20.3. The van der Waals surface area contributed by atoms with Gasteiger partial charge in [-0.1, -0.05) is 30.3 Å². The lowest BCUT2D eigenvalue weighted by molar-refractivity contribution is -0.121. The lowest BCUT2D eigenvalue weighted by Crippen LogP contribution is -2.34. The maximum absolute atomic E-state index is 12.2. The van der Waals surface area contributed by atoms with Crippen LogP contribution < -0.4 is 19.7 Å². The second-order valence-corrected chi connectivity index (χ2v) is 6.00. The highest BCUT2D eigenvalue weighted by Gasteiger charge is 2.17. The minimum absolute atomic E-state index is 0.106. The summed E-state index contributed by atoms with van der Waals surface area (Å²) < 4.78 is 10.6. The van der Waals surface area contributed by atoms with Gasteiger partial charge < -0.3 is 19.7 Å². The van der Waals surface area contributed by atoms with Crippen LogP contribution in [0, 0.1) is 0 Å². The number of benzene rings is 2. The van der Waals surface area contributed by atoms with E-state index < -0.39 is 0 Å². The highest BCUT2D eigenvalue weighted by molar-refractivity contribution is 5.93. The van der Waals surface area contributed by atoms with Crippen LogP contribution in [-0.2, 0) is 16.0 Å². The molecule has 0 atom stereocenters. The number of hydrogen-bond donors (Lipinski definition) is 1. The van der Waals surface area contributed by atoms with Gasteiger partial charge in [-0.2, -0.15) is 0 Å². The fourth-order valence-corrected chi connectivity index (χ4v) is 2.85. The molecule has 0 saturated carbocycles. The molecule has 2 rings (SSSR count). The van der Waals surface area contributed by atoms with Crippen molar-refractivity contribution in [1.29, 1.82) is 0 Å². The summed E-state index contributed by atoms with van der Waals surface area (Å²) in [4.78, 5) is 25.8. The summed E-state index contributed by atoms with van der Waals surface area (Å²) in [6.07, 6.45) is 0.891. The fourth-order valence-electron chi connectivity index (χ4n) is 2.85. The second-order valence-electron chi connectivity index (χ2n) is 6.00. The van der Waals surface area contributed by atoms with Gasteiger partial charge in [0, 0.05) is 26.4 Å². The topological polar surface area (TPSA) is 67.9 Å². The van der Waals surface area contributed by atoms with Crippen molar-refractivity contribution in [3.63, 3.8) is 0 Å². The van der Waals surface area contributed by atoms with Crippen LogP contribution in [0.15, 0.2) is 48.5 Å². The van der Waals surface area contributed by atoms with Crippen molar-refractivity contribution in [3.8, 4) is 11.5 Å². The van der Waals surface area contributed by atoms with Gasteiger partial charge in [-0.3, -0.25) is 9.59 Å². The molecule has 2 aromatic carbocycles. The predicted molar refractivity (Wildman–Crippen MR) is 105 cm³/mol. The lowest BCUT2D eigenvalue weighted by Gasteiger charge is -2.23. The number of rotatable bonds is 9. The highest BCUT2D eigenvalue weighted by atomic mass is 16.5. The second kappa shape index (κ2) is 10.2. The third kappa shape index (κ3) is 5.74. The number of para-hydroxylation sites is 3. The Balaban J connectivity index is 1.88. The van der Waals surface area contributed by atoms with Crippen molar-refractivity contribution in [2.24, 2.45) is 0 Å². The molecule has 27 heavy (non-hydrogen) atoms. The zero-order chi connectivity index (χ0) is 19.6. The summed E-state index contributed by atoms with van der Waals surface area (Å²) >= 11 is 0. The van der Waals surface area contributed by atoms with Crippen molar-refractivity contribution in [2.75, 3.05) is 32.2 Å². The molecule has 1 N–H and O–H groups in total. The number of amides is 2. The number of carbonyl (C=O) groups excluding carboxylic acids is 2. The van der Waals surface area contributed by atoms with E-state index in [4.69, 9.17) is 9.47 Å². The summed E-state index contributed by atoms with van der Waals surface area (Å²) in [6.45, 7) is 2.27. The van der Waals surface area contributed by atoms with Gasteiger partial charge in [-0.25, -0.2) is 0 Å². The van der Waals surface area contributed by atoms with E-state index >= 15 is 0 Å². The van der Waals surface area contributed by atoms with E-state index in [9.17, 15) is 9.59 Å². The summed E-state index contributed by atoms with van der Waals surface area (Å²) in [5.41, 5.74) is 1.70. The normalized spacial score (nSPS) is 10.2. The van der Waals surface area contributed by atoms with Crippen molar-refractivity contribution in [1.82, 2.24) is 5.32 Å². The van der Waals surface area contributed by atoms with Crippen LogP contribution in [0.25, 0.3) is 0 Å². The molecule has 2 amide bonds. The van der Waals surface area contributed by atoms with Gasteiger partial charge in [0.15, 0.2) is 0 Å². The molecule has 0 aromatic heterocycles. The van der Waals surface area contributed by atoms with E-state index in [1.165, 1.54) is 6.92 Å². The first-order chi connectivity index (χ1) is 13.1. The van der Waals surface area contributed by atoms with Gasteiger partial charge in [0.25, 0.3) is 0 Å². The van der Waals surface area contributed by atoms with Crippen LogP contribution in [0.2, 0.25) is 0 Å². The van der Waals surface area contributed by atoms with E-state index in [1.54, 1.807) is 31.3 Å². The minimum Gasteiger partial charge on any atom is -0.496 e. The standard InChI is InChI=1S/C21H26N2O4/c1-16(24)23(18-9-5-7-11-20(18)27-3)15-13-21(25)22-14-12-17-8-4-6-10-19(17)26-2/h4-11H,12-15H2,1-3H3,(H,22,25). The Bertz CT molecular complexity index is 776. The maximum Gasteiger partial charge on any atom is 0.223 e. The number of hydrogen-bond acceptors (Lipinski definition) is 4. The average Bonchev–Trinajstić information content (AvgIpc) is 2.68. The Hall–Kier alpha value is -3.02. The quantitative estimate of drug-likeness (QED) is 0.737. The third-order valence-corrected chi connectivity index (χ3v) is 4.23. The molecule has 0 aliphatic carbocycles. The Labute approximate surface area is 160 Å². The first-order valence-electron chi connectivity index (χ1n) is 8.86. The maximum atomic E-state index is 12.2. The molecular formula is C21H26N2O4. The molecule has 0 radical (unpaired) electrons. The molecule has 0 unspecified atom stereocenters. The molecule has 0 aliphatic rings. The zero-order valence-electron chi connectivity index (χ0n) is 16.0. The van der Waals surface area contributed by atoms with E-state index in [2.05, 4.69) is 5.32 Å². The van der Waals surface area contributed by atoms with Crippen LogP contribution in [0.4, 0.5) is 5.69 Å². The summed E-state index contributed by atoms with van der Waals surface area (Å²) in [6, 6.07) is 15.0. The van der Waals surface area contributed by atoms with Gasteiger partial charge in [0.05, 0.1) is 19.9 Å². The fraction of sp³-hybridized carbons (Fsp3) is 0.333. The molecule has 6 nitrogen and oxygen atoms in total. The Morgan fingerprint density at radius 2 is 1.59 bits per heavy atom. The number of carbonyl (C=O) groups is 2. The molecule has 0 spiro atoms. The van der Waals surface area contributed by atoms with Gasteiger partial charge in [-0.15, -0.1) is 0 Å². The molecule has 0 aliphatic heterocycles. The van der Waals surface area contributed by atoms with Gasteiger partial charge in [-0.05, 0) is 30.2 Å². The predicted octanol–water partition coefficient (Wildman–Crippen LogP) is 2.81. The molecule has 144 valence electrons. The molecule has 0 fully saturated rings. The molecule has 0 bridgehead atoms. The molecule has 2 aromatic rings. The SMILES string of the molecule is COc1ccccc1CCNC(=O)CCN(C(C)=O)c1ccccc1OC. The largest absolute Gasteiger partial charge is 0.496 e. The monoisotopic (exact) mass is 370 g/mol. The van der Waals surface area contributed by atoms with Gasteiger partial charge >= 0.3 is 0 Å². The number of anilines is 1. The van der Waals surface area contributed by atoms with Crippen LogP contribution in [0.3, 0.4) is 0 Å². The average molecular weight is 370 g/mol. The van der Waals surface area contributed by atoms with Crippen molar-refractivity contribution >= 4 is 17.5 Å². The summed E-state index contributed by atoms with van der Waals surface area (Å²) in [5.74, 6) is 1.17. The van der Waals surface area contributed by atoms with Crippen molar-refractivity contribution < 1.29 is 19.1 Å². The zero-order valence-corrected chi connectivity index (χ0v) is 16.0. The number of nitrogens with one attached hydrogen (secondary N) is 1. The van der Waals surface area contributed by atoms with Crippen molar-refractivity contribution in [3.05, 3.63) is 54.1 Å². The number of ether oxygens (including phenoxy) is 2. The van der Waals surface area contributed by atoms with Crippen molar-refractivity contribution in [2.45, 2.75) is 19.8 Å².